The Morgan fingerprint density at radius 2 is 2.11 bits per heavy atom. The monoisotopic (exact) mass is 250 g/mol. The SMILES string of the molecule is Cn1cccc1C(=O)N1CCCCC1(C)C(=O)O. The number of aliphatic carboxylic acids is 1. The second kappa shape index (κ2) is 4.48. The number of rotatable bonds is 2. The fourth-order valence-corrected chi connectivity index (χ4v) is 2.49. The van der Waals surface area contributed by atoms with E-state index in [2.05, 4.69) is 0 Å². The van der Waals surface area contributed by atoms with Crippen molar-refractivity contribution >= 4 is 11.9 Å². The van der Waals surface area contributed by atoms with E-state index in [1.807, 2.05) is 0 Å². The molecule has 1 amide bonds. The van der Waals surface area contributed by atoms with Crippen molar-refractivity contribution in [1.29, 1.82) is 0 Å². The second-order valence-corrected chi connectivity index (χ2v) is 5.00. The summed E-state index contributed by atoms with van der Waals surface area (Å²) in [5.74, 6) is -1.13. The van der Waals surface area contributed by atoms with Crippen LogP contribution in [0.25, 0.3) is 0 Å². The first-order valence-electron chi connectivity index (χ1n) is 6.13. The first-order valence-corrected chi connectivity index (χ1v) is 6.13. The van der Waals surface area contributed by atoms with E-state index in [9.17, 15) is 14.7 Å². The van der Waals surface area contributed by atoms with Crippen molar-refractivity contribution in [2.75, 3.05) is 6.54 Å². The lowest BCUT2D eigenvalue weighted by Crippen LogP contribution is -2.57. The van der Waals surface area contributed by atoms with Gasteiger partial charge in [0, 0.05) is 19.8 Å². The molecule has 1 aromatic heterocycles. The molecule has 0 saturated carbocycles. The number of carboxylic acids is 1. The van der Waals surface area contributed by atoms with E-state index in [1.54, 1.807) is 36.9 Å². The maximum atomic E-state index is 12.4. The van der Waals surface area contributed by atoms with Crippen LogP contribution >= 0.6 is 0 Å². The molecule has 1 atom stereocenters. The Morgan fingerprint density at radius 1 is 1.39 bits per heavy atom. The lowest BCUT2D eigenvalue weighted by atomic mass is 9.88. The number of nitrogens with zero attached hydrogens (tertiary/aromatic N) is 2. The molecular formula is C13H18N2O3. The maximum absolute atomic E-state index is 12.4. The summed E-state index contributed by atoms with van der Waals surface area (Å²) in [6.07, 6.45) is 4.01. The van der Waals surface area contributed by atoms with Gasteiger partial charge in [-0.2, -0.15) is 0 Å². The van der Waals surface area contributed by atoms with E-state index < -0.39 is 11.5 Å². The highest BCUT2D eigenvalue weighted by Crippen LogP contribution is 2.29. The minimum absolute atomic E-state index is 0.202. The van der Waals surface area contributed by atoms with Crippen molar-refractivity contribution in [2.24, 2.45) is 7.05 Å². The first-order chi connectivity index (χ1) is 8.47. The number of aromatic nitrogens is 1. The molecule has 1 aliphatic heterocycles. The molecule has 18 heavy (non-hydrogen) atoms. The van der Waals surface area contributed by atoms with Crippen LogP contribution in [-0.2, 0) is 11.8 Å². The predicted octanol–water partition coefficient (Wildman–Crippen LogP) is 1.49. The number of aryl methyl sites for hydroxylation is 1. The Balaban J connectivity index is 2.33. The predicted molar refractivity (Wildman–Crippen MR) is 66.3 cm³/mol. The standard InChI is InChI=1S/C13H18N2O3/c1-13(12(17)18)7-3-4-9-15(13)11(16)10-6-5-8-14(10)2/h5-6,8H,3-4,7,9H2,1-2H3,(H,17,18). The molecule has 0 aliphatic carbocycles. The third kappa shape index (κ3) is 1.89. The molecule has 1 unspecified atom stereocenters. The van der Waals surface area contributed by atoms with Gasteiger partial charge in [0.05, 0.1) is 0 Å². The zero-order valence-corrected chi connectivity index (χ0v) is 10.7. The van der Waals surface area contributed by atoms with Crippen LogP contribution in [0.1, 0.15) is 36.7 Å². The van der Waals surface area contributed by atoms with Crippen LogP contribution in [0.3, 0.4) is 0 Å². The minimum atomic E-state index is -1.08. The molecule has 1 aromatic rings. The Morgan fingerprint density at radius 3 is 2.67 bits per heavy atom. The number of hydrogen-bond acceptors (Lipinski definition) is 2. The summed E-state index contributed by atoms with van der Waals surface area (Å²) >= 11 is 0. The number of piperidine rings is 1. The lowest BCUT2D eigenvalue weighted by Gasteiger charge is -2.41. The van der Waals surface area contributed by atoms with Gasteiger partial charge in [-0.25, -0.2) is 4.79 Å². The Kier molecular flexibility index (Phi) is 3.15. The molecular weight excluding hydrogens is 232 g/mol. The lowest BCUT2D eigenvalue weighted by molar-refractivity contribution is -0.150. The number of carboxylic acid groups (broad SMARTS) is 1. The average molecular weight is 250 g/mol. The summed E-state index contributed by atoms with van der Waals surface area (Å²) in [7, 11) is 1.79. The molecule has 0 radical (unpaired) electrons. The Labute approximate surface area is 106 Å². The van der Waals surface area contributed by atoms with E-state index in [1.165, 1.54) is 4.90 Å². The third-order valence-electron chi connectivity index (χ3n) is 3.76. The van der Waals surface area contributed by atoms with Crippen molar-refractivity contribution in [3.05, 3.63) is 24.0 Å². The maximum Gasteiger partial charge on any atom is 0.329 e. The molecule has 0 spiro atoms. The van der Waals surface area contributed by atoms with E-state index in [-0.39, 0.29) is 5.91 Å². The third-order valence-corrected chi connectivity index (χ3v) is 3.76. The van der Waals surface area contributed by atoms with Gasteiger partial charge in [-0.15, -0.1) is 0 Å². The van der Waals surface area contributed by atoms with Crippen LogP contribution in [0.2, 0.25) is 0 Å². The van der Waals surface area contributed by atoms with Crippen molar-refractivity contribution in [1.82, 2.24) is 9.47 Å². The number of carbonyl (C=O) groups excluding carboxylic acids is 1. The van der Waals surface area contributed by atoms with Crippen LogP contribution in [0, 0.1) is 0 Å². The fraction of sp³-hybridized carbons (Fsp3) is 0.538. The first kappa shape index (κ1) is 12.7. The van der Waals surface area contributed by atoms with E-state index in [0.29, 0.717) is 18.7 Å². The van der Waals surface area contributed by atoms with Crippen LogP contribution in [0.5, 0.6) is 0 Å². The molecule has 5 nitrogen and oxygen atoms in total. The van der Waals surface area contributed by atoms with Crippen molar-refractivity contribution in [3.63, 3.8) is 0 Å². The largest absolute Gasteiger partial charge is 0.480 e. The summed E-state index contributed by atoms with van der Waals surface area (Å²) < 4.78 is 1.72. The number of likely N-dealkylation sites (tertiary alicyclic amines) is 1. The van der Waals surface area contributed by atoms with Gasteiger partial charge in [0.2, 0.25) is 0 Å². The summed E-state index contributed by atoms with van der Waals surface area (Å²) in [4.78, 5) is 25.4. The summed E-state index contributed by atoms with van der Waals surface area (Å²) in [6.45, 7) is 2.14. The zero-order valence-electron chi connectivity index (χ0n) is 10.7. The van der Waals surface area contributed by atoms with Gasteiger partial charge >= 0.3 is 5.97 Å². The average Bonchev–Trinajstić information content (AvgIpc) is 2.75. The molecule has 0 bridgehead atoms. The molecule has 2 rings (SSSR count). The van der Waals surface area contributed by atoms with Gasteiger partial charge in [-0.3, -0.25) is 4.79 Å². The normalized spacial score (nSPS) is 24.0. The molecule has 1 fully saturated rings. The smallest absolute Gasteiger partial charge is 0.329 e. The van der Waals surface area contributed by atoms with Gasteiger partial charge in [0.1, 0.15) is 11.2 Å². The van der Waals surface area contributed by atoms with Crippen molar-refractivity contribution in [2.45, 2.75) is 31.7 Å². The van der Waals surface area contributed by atoms with E-state index in [4.69, 9.17) is 0 Å². The Bertz CT molecular complexity index is 480. The quantitative estimate of drug-likeness (QED) is 0.865. The highest BCUT2D eigenvalue weighted by molar-refractivity contribution is 5.96. The molecule has 98 valence electrons. The van der Waals surface area contributed by atoms with Crippen molar-refractivity contribution < 1.29 is 14.7 Å². The molecule has 1 saturated heterocycles. The highest BCUT2D eigenvalue weighted by Gasteiger charge is 2.44. The van der Waals surface area contributed by atoms with Gasteiger partial charge in [0.15, 0.2) is 0 Å². The molecule has 5 heteroatoms. The van der Waals surface area contributed by atoms with Gasteiger partial charge in [0.25, 0.3) is 5.91 Å². The zero-order chi connectivity index (χ0) is 13.3. The Hall–Kier alpha value is -1.78. The van der Waals surface area contributed by atoms with Crippen LogP contribution < -0.4 is 0 Å². The van der Waals surface area contributed by atoms with Gasteiger partial charge in [-0.1, -0.05) is 0 Å². The van der Waals surface area contributed by atoms with Crippen LogP contribution in [0.4, 0.5) is 0 Å². The topological polar surface area (TPSA) is 62.5 Å². The summed E-state index contributed by atoms with van der Waals surface area (Å²) in [5.41, 5.74) is -0.552. The second-order valence-electron chi connectivity index (χ2n) is 5.00. The van der Waals surface area contributed by atoms with E-state index >= 15 is 0 Å². The number of amides is 1. The number of hydrogen-bond donors (Lipinski definition) is 1. The molecule has 2 heterocycles. The molecule has 1 N–H and O–H groups in total. The van der Waals surface area contributed by atoms with Crippen molar-refractivity contribution in [3.8, 4) is 0 Å². The van der Waals surface area contributed by atoms with E-state index in [0.717, 1.165) is 12.8 Å². The van der Waals surface area contributed by atoms with Crippen LogP contribution in [0.15, 0.2) is 18.3 Å². The van der Waals surface area contributed by atoms with Gasteiger partial charge in [-0.05, 0) is 38.3 Å². The molecule has 0 aromatic carbocycles. The van der Waals surface area contributed by atoms with Gasteiger partial charge < -0.3 is 14.6 Å². The minimum Gasteiger partial charge on any atom is -0.480 e. The number of carbonyl (C=O) groups is 2. The highest BCUT2D eigenvalue weighted by atomic mass is 16.4. The summed E-state index contributed by atoms with van der Waals surface area (Å²) in [6, 6.07) is 3.51. The molecule has 1 aliphatic rings. The summed E-state index contributed by atoms with van der Waals surface area (Å²) in [5, 5.41) is 9.38. The van der Waals surface area contributed by atoms with Crippen LogP contribution in [-0.4, -0.2) is 38.5 Å². The fourth-order valence-electron chi connectivity index (χ4n) is 2.49.